The van der Waals surface area contributed by atoms with Crippen LogP contribution < -0.4 is 10.6 Å². The fraction of sp³-hybridized carbons (Fsp3) is 0.688. The van der Waals surface area contributed by atoms with E-state index in [2.05, 4.69) is 25.5 Å². The Labute approximate surface area is 144 Å². The number of carbonyl (C=O) groups is 1. The summed E-state index contributed by atoms with van der Waals surface area (Å²) in [5.74, 6) is 0.830. The quantitative estimate of drug-likeness (QED) is 0.861. The van der Waals surface area contributed by atoms with Gasteiger partial charge in [-0.05, 0) is 25.2 Å². The van der Waals surface area contributed by atoms with E-state index in [9.17, 15) is 18.0 Å². The van der Waals surface area contributed by atoms with Crippen LogP contribution in [0, 0.1) is 5.92 Å². The van der Waals surface area contributed by atoms with Gasteiger partial charge in [0, 0.05) is 44.7 Å². The Kier molecular flexibility index (Phi) is 5.41. The zero-order chi connectivity index (χ0) is 17.9. The summed E-state index contributed by atoms with van der Waals surface area (Å²) in [7, 11) is 0. The van der Waals surface area contributed by atoms with Gasteiger partial charge in [0.15, 0.2) is 0 Å². The smallest absolute Gasteiger partial charge is 0.367 e. The number of hydrogen-bond acceptors (Lipinski definition) is 5. The predicted molar refractivity (Wildman–Crippen MR) is 85.9 cm³/mol. The van der Waals surface area contributed by atoms with Gasteiger partial charge in [-0.2, -0.15) is 13.2 Å². The van der Waals surface area contributed by atoms with Crippen LogP contribution in [0.3, 0.4) is 0 Å². The molecule has 2 N–H and O–H groups in total. The van der Waals surface area contributed by atoms with E-state index in [1.165, 1.54) is 0 Å². The van der Waals surface area contributed by atoms with E-state index in [-0.39, 0.29) is 17.8 Å². The molecule has 0 aliphatic carbocycles. The Bertz CT molecular complexity index is 592. The topological polar surface area (TPSA) is 70.2 Å². The summed E-state index contributed by atoms with van der Waals surface area (Å²) < 4.78 is 38.1. The lowest BCUT2D eigenvalue weighted by Crippen LogP contribution is -2.45. The van der Waals surface area contributed by atoms with Crippen LogP contribution in [0.1, 0.15) is 31.4 Å². The first-order valence-corrected chi connectivity index (χ1v) is 8.55. The number of anilines is 1. The SMILES string of the molecule is O=C1CCC(CN2CCC(Nc3cc(C(F)(F)F)ncn3)CC2)CN1. The van der Waals surface area contributed by atoms with Crippen molar-refractivity contribution >= 4 is 11.7 Å². The van der Waals surface area contributed by atoms with Crippen molar-refractivity contribution in [2.45, 2.75) is 37.9 Å². The van der Waals surface area contributed by atoms with Gasteiger partial charge in [-0.25, -0.2) is 9.97 Å². The van der Waals surface area contributed by atoms with Gasteiger partial charge in [0.25, 0.3) is 0 Å². The first kappa shape index (κ1) is 17.9. The minimum Gasteiger partial charge on any atom is -0.367 e. The molecule has 0 bridgehead atoms. The van der Waals surface area contributed by atoms with Crippen molar-refractivity contribution in [3.8, 4) is 0 Å². The molecule has 25 heavy (non-hydrogen) atoms. The van der Waals surface area contributed by atoms with Crippen LogP contribution in [0.5, 0.6) is 0 Å². The molecule has 1 aromatic heterocycles. The second-order valence-corrected chi connectivity index (χ2v) is 6.71. The number of hydrogen-bond donors (Lipinski definition) is 2. The van der Waals surface area contributed by atoms with Crippen molar-refractivity contribution in [3.63, 3.8) is 0 Å². The van der Waals surface area contributed by atoms with E-state index in [4.69, 9.17) is 0 Å². The summed E-state index contributed by atoms with van der Waals surface area (Å²) in [4.78, 5) is 20.7. The van der Waals surface area contributed by atoms with Crippen molar-refractivity contribution < 1.29 is 18.0 Å². The standard InChI is InChI=1S/C16H22F3N5O/c17-16(18,19)13-7-14(22-10-21-13)23-12-3-5-24(6-4-12)9-11-1-2-15(25)20-8-11/h7,10-12H,1-6,8-9H2,(H,20,25)(H,21,22,23). The number of alkyl halides is 3. The van der Waals surface area contributed by atoms with Crippen molar-refractivity contribution in [3.05, 3.63) is 18.1 Å². The highest BCUT2D eigenvalue weighted by molar-refractivity contribution is 5.76. The molecule has 1 aromatic rings. The zero-order valence-electron chi connectivity index (χ0n) is 13.9. The summed E-state index contributed by atoms with van der Waals surface area (Å²) in [5, 5.41) is 5.99. The van der Waals surface area contributed by atoms with Gasteiger partial charge in [-0.15, -0.1) is 0 Å². The van der Waals surface area contributed by atoms with E-state index in [1.807, 2.05) is 0 Å². The summed E-state index contributed by atoms with van der Waals surface area (Å²) in [6.07, 6.45) is -0.298. The molecule has 3 rings (SSSR count). The molecule has 0 saturated carbocycles. The lowest BCUT2D eigenvalue weighted by Gasteiger charge is -2.35. The molecule has 0 aromatic carbocycles. The lowest BCUT2D eigenvalue weighted by atomic mass is 9.96. The minimum absolute atomic E-state index is 0.110. The van der Waals surface area contributed by atoms with Gasteiger partial charge in [0.2, 0.25) is 5.91 Å². The molecule has 2 aliphatic heterocycles. The number of carbonyl (C=O) groups excluding carboxylic acids is 1. The number of rotatable bonds is 4. The number of nitrogens with zero attached hydrogens (tertiary/aromatic N) is 3. The highest BCUT2D eigenvalue weighted by Gasteiger charge is 2.33. The predicted octanol–water partition coefficient (Wildman–Crippen LogP) is 1.90. The number of piperidine rings is 2. The normalized spacial score (nSPS) is 23.3. The van der Waals surface area contributed by atoms with Gasteiger partial charge in [0.05, 0.1) is 0 Å². The van der Waals surface area contributed by atoms with Crippen molar-refractivity contribution in [1.82, 2.24) is 20.2 Å². The third kappa shape index (κ3) is 5.04. The van der Waals surface area contributed by atoms with Gasteiger partial charge in [-0.3, -0.25) is 4.79 Å². The molecule has 1 atom stereocenters. The van der Waals surface area contributed by atoms with Crippen LogP contribution in [0.15, 0.2) is 12.4 Å². The number of amides is 1. The Morgan fingerprint density at radius 1 is 1.24 bits per heavy atom. The van der Waals surface area contributed by atoms with E-state index >= 15 is 0 Å². The Balaban J connectivity index is 1.46. The van der Waals surface area contributed by atoms with Crippen molar-refractivity contribution in [1.29, 1.82) is 0 Å². The molecule has 138 valence electrons. The average molecular weight is 357 g/mol. The highest BCUT2D eigenvalue weighted by atomic mass is 19.4. The third-order valence-corrected chi connectivity index (χ3v) is 4.78. The van der Waals surface area contributed by atoms with E-state index in [0.29, 0.717) is 12.3 Å². The summed E-state index contributed by atoms with van der Waals surface area (Å²) in [6.45, 7) is 3.47. The highest BCUT2D eigenvalue weighted by Crippen LogP contribution is 2.28. The molecule has 9 heteroatoms. The molecule has 0 spiro atoms. The van der Waals surface area contributed by atoms with Crippen molar-refractivity contribution in [2.75, 3.05) is 31.5 Å². The molecule has 3 heterocycles. The zero-order valence-corrected chi connectivity index (χ0v) is 13.9. The van der Waals surface area contributed by atoms with Crippen LogP contribution in [0.4, 0.5) is 19.0 Å². The maximum absolute atomic E-state index is 12.7. The largest absolute Gasteiger partial charge is 0.433 e. The maximum Gasteiger partial charge on any atom is 0.433 e. The summed E-state index contributed by atoms with van der Waals surface area (Å²) in [6, 6.07) is 1.06. The first-order chi connectivity index (χ1) is 11.9. The van der Waals surface area contributed by atoms with Crippen LogP contribution in [0.25, 0.3) is 0 Å². The lowest BCUT2D eigenvalue weighted by molar-refractivity contribution is -0.141. The average Bonchev–Trinajstić information content (AvgIpc) is 2.58. The molecule has 2 aliphatic rings. The van der Waals surface area contributed by atoms with Crippen LogP contribution in [0.2, 0.25) is 0 Å². The summed E-state index contributed by atoms with van der Waals surface area (Å²) in [5.41, 5.74) is -0.929. The van der Waals surface area contributed by atoms with Gasteiger partial charge < -0.3 is 15.5 Å². The maximum atomic E-state index is 12.7. The molecular formula is C16H22F3N5O. The van der Waals surface area contributed by atoms with E-state index < -0.39 is 11.9 Å². The molecule has 2 saturated heterocycles. The molecule has 6 nitrogen and oxygen atoms in total. The van der Waals surface area contributed by atoms with Crippen molar-refractivity contribution in [2.24, 2.45) is 5.92 Å². The number of halogens is 3. The molecule has 2 fully saturated rings. The van der Waals surface area contributed by atoms with E-state index in [1.54, 1.807) is 0 Å². The molecule has 1 amide bonds. The van der Waals surface area contributed by atoms with Crippen LogP contribution >= 0.6 is 0 Å². The fourth-order valence-corrected chi connectivity index (χ4v) is 3.37. The number of aromatic nitrogens is 2. The van der Waals surface area contributed by atoms with Gasteiger partial charge in [-0.1, -0.05) is 0 Å². The first-order valence-electron chi connectivity index (χ1n) is 8.55. The van der Waals surface area contributed by atoms with Crippen LogP contribution in [-0.4, -0.2) is 53.0 Å². The number of likely N-dealkylation sites (tertiary alicyclic amines) is 1. The number of nitrogens with one attached hydrogen (secondary N) is 2. The molecule has 1 unspecified atom stereocenters. The molecular weight excluding hydrogens is 335 g/mol. The second-order valence-electron chi connectivity index (χ2n) is 6.71. The van der Waals surface area contributed by atoms with Gasteiger partial charge in [0.1, 0.15) is 17.8 Å². The Morgan fingerprint density at radius 3 is 2.64 bits per heavy atom. The second kappa shape index (κ2) is 7.55. The van der Waals surface area contributed by atoms with E-state index in [0.717, 1.165) is 57.8 Å². The van der Waals surface area contributed by atoms with Gasteiger partial charge >= 0.3 is 6.18 Å². The minimum atomic E-state index is -4.46. The molecule has 0 radical (unpaired) electrons. The summed E-state index contributed by atoms with van der Waals surface area (Å²) >= 11 is 0. The third-order valence-electron chi connectivity index (χ3n) is 4.78. The Morgan fingerprint density at radius 2 is 2.00 bits per heavy atom. The fourth-order valence-electron chi connectivity index (χ4n) is 3.37. The monoisotopic (exact) mass is 357 g/mol. The Hall–Kier alpha value is -1.90. The van der Waals surface area contributed by atoms with Crippen LogP contribution in [-0.2, 0) is 11.0 Å².